The van der Waals surface area contributed by atoms with Crippen molar-refractivity contribution in [3.8, 4) is 0 Å². The third-order valence-electron chi connectivity index (χ3n) is 18.2. The van der Waals surface area contributed by atoms with E-state index in [2.05, 4.69) is 46.4 Å². The van der Waals surface area contributed by atoms with Crippen molar-refractivity contribution in [3.63, 3.8) is 0 Å². The van der Waals surface area contributed by atoms with Crippen molar-refractivity contribution in [2.24, 2.45) is 0 Å². The average Bonchev–Trinajstić information content (AvgIpc) is 0.910. The Morgan fingerprint density at radius 2 is 0.322 bits per heavy atom. The summed E-state index contributed by atoms with van der Waals surface area (Å²) in [5.41, 5.74) is 0. The van der Waals surface area contributed by atoms with Crippen molar-refractivity contribution in [2.75, 3.05) is 192 Å². The van der Waals surface area contributed by atoms with E-state index in [1.807, 2.05) is 14.7 Å². The summed E-state index contributed by atoms with van der Waals surface area (Å²) in [6.07, 6.45) is 17.8. The molecule has 0 rings (SSSR count). The number of esters is 12. The Morgan fingerprint density at radius 3 is 0.458 bits per heavy atom. The second-order valence-electron chi connectivity index (χ2n) is 28.5. The van der Waals surface area contributed by atoms with Gasteiger partial charge >= 0.3 is 71.6 Å². The van der Waals surface area contributed by atoms with E-state index in [0.29, 0.717) is 0 Å². The summed E-state index contributed by atoms with van der Waals surface area (Å²) < 4.78 is 65.9. The second-order valence-corrected chi connectivity index (χ2v) is 37.2. The van der Waals surface area contributed by atoms with Crippen molar-refractivity contribution >= 4 is 142 Å². The molecule has 118 heavy (non-hydrogen) atoms. The van der Waals surface area contributed by atoms with E-state index >= 15 is 0 Å². The highest BCUT2D eigenvalue weighted by Crippen LogP contribution is 2.21. The minimum Gasteiger partial charge on any atom is -0.462 e. The maximum absolute atomic E-state index is 13.5. The monoisotopic (exact) mass is 1790 g/mol. The Kier molecular flexibility index (Phi) is 75.6. The fourth-order valence-electron chi connectivity index (χ4n) is 10.7. The SMILES string of the molecule is CCCCCSC(C)C(=O)OCCOC(=O)CCN(CCC(=O)OCCOC(=O)C(C)SCCCCC)CCN(CCN(CCC(=O)OCCOC(=O)C(C)SCCCCC)CCC(=O)OCCOC(=O)C(C)SCCCCC)CCN(CCC(=O)OCCOC(=O)C(C)SCCCCC)CCC(=O)OCCOC(=O)C(C)SCCCCC. The first-order valence-electron chi connectivity index (χ1n) is 43.4. The van der Waals surface area contributed by atoms with Crippen molar-refractivity contribution in [3.05, 3.63) is 0 Å². The Labute approximate surface area is 732 Å². The summed E-state index contributed by atoms with van der Waals surface area (Å²) >= 11 is 9.03. The number of carbonyl (C=O) groups excluding carboxylic acids is 12. The van der Waals surface area contributed by atoms with Crippen LogP contribution in [0.3, 0.4) is 0 Å². The van der Waals surface area contributed by atoms with Crippen LogP contribution in [0.1, 0.15) is 237 Å². The van der Waals surface area contributed by atoms with E-state index in [-0.39, 0.29) is 196 Å². The largest absolute Gasteiger partial charge is 0.462 e. The number of carbonyl (C=O) groups is 12. The Balaban J connectivity index is 7.41. The van der Waals surface area contributed by atoms with E-state index < -0.39 is 103 Å². The molecule has 0 aliphatic carbocycles. The molecule has 0 aromatic heterocycles. The van der Waals surface area contributed by atoms with Gasteiger partial charge in [-0.1, -0.05) is 119 Å². The molecular weight excluding hydrogens is 1640 g/mol. The molecule has 0 N–H and O–H groups in total. The van der Waals surface area contributed by atoms with Gasteiger partial charge in [0.1, 0.15) is 79.3 Å². The van der Waals surface area contributed by atoms with E-state index in [9.17, 15) is 57.5 Å². The number of unbranched alkanes of at least 4 members (excludes halogenated alkanes) is 12. The zero-order chi connectivity index (χ0) is 87.6. The number of hydrogen-bond acceptors (Lipinski definition) is 34. The molecule has 0 saturated heterocycles. The zero-order valence-electron chi connectivity index (χ0n) is 73.7. The molecule has 0 aliphatic heterocycles. The van der Waals surface area contributed by atoms with E-state index in [4.69, 9.17) is 56.8 Å². The molecule has 0 spiro atoms. The molecule has 0 saturated carbocycles. The molecule has 0 aromatic carbocycles. The third kappa shape index (κ3) is 67.1. The lowest BCUT2D eigenvalue weighted by Gasteiger charge is -2.32. The molecule has 0 bridgehead atoms. The third-order valence-corrected chi connectivity index (χ3v) is 25.5. The predicted molar refractivity (Wildman–Crippen MR) is 474 cm³/mol. The van der Waals surface area contributed by atoms with Crippen molar-refractivity contribution < 1.29 is 114 Å². The number of nitrogens with zero attached hydrogens (tertiary/aromatic N) is 4. The molecule has 34 heteroatoms. The Bertz CT molecular complexity index is 2250. The second kappa shape index (κ2) is 78.6. The molecule has 28 nitrogen and oxygen atoms in total. The van der Waals surface area contributed by atoms with Gasteiger partial charge in [0.15, 0.2) is 0 Å². The number of thioether (sulfide) groups is 6. The van der Waals surface area contributed by atoms with Gasteiger partial charge in [-0.25, -0.2) is 0 Å². The molecular formula is C84H150N4O24S6. The summed E-state index contributed by atoms with van der Waals surface area (Å²) in [5, 5.41) is -2.38. The van der Waals surface area contributed by atoms with Crippen molar-refractivity contribution in [2.45, 2.75) is 269 Å². The number of hydrogen-bond donors (Lipinski definition) is 0. The molecule has 0 aliphatic rings. The van der Waals surface area contributed by atoms with Crippen LogP contribution >= 0.6 is 70.6 Å². The predicted octanol–water partition coefficient (Wildman–Crippen LogP) is 12.9. The normalized spacial score (nSPS) is 12.9. The van der Waals surface area contributed by atoms with Gasteiger partial charge in [0.05, 0.1) is 70.0 Å². The first-order valence-corrected chi connectivity index (χ1v) is 49.7. The lowest BCUT2D eigenvalue weighted by molar-refractivity contribution is -0.152. The van der Waals surface area contributed by atoms with Gasteiger partial charge in [-0.3, -0.25) is 62.4 Å². The van der Waals surface area contributed by atoms with Gasteiger partial charge in [0.2, 0.25) is 0 Å². The molecule has 0 heterocycles. The average molecular weight is 1790 g/mol. The van der Waals surface area contributed by atoms with Crippen LogP contribution in [-0.2, 0) is 114 Å². The van der Waals surface area contributed by atoms with Crippen LogP contribution in [-0.4, -0.2) is 315 Å². The smallest absolute Gasteiger partial charge is 0.318 e. The minimum absolute atomic E-state index is 0.0994. The summed E-state index contributed by atoms with van der Waals surface area (Å²) in [4.78, 5) is 165. The highest BCUT2D eigenvalue weighted by molar-refractivity contribution is 8.01. The van der Waals surface area contributed by atoms with E-state index in [0.717, 1.165) is 150 Å². The fraction of sp³-hybridized carbons (Fsp3) is 0.857. The Morgan fingerprint density at radius 1 is 0.195 bits per heavy atom. The highest BCUT2D eigenvalue weighted by Gasteiger charge is 2.25. The zero-order valence-corrected chi connectivity index (χ0v) is 78.6. The number of ether oxygens (including phenoxy) is 12. The van der Waals surface area contributed by atoms with Crippen molar-refractivity contribution in [1.29, 1.82) is 0 Å². The van der Waals surface area contributed by atoms with Gasteiger partial charge in [-0.15, -0.1) is 70.6 Å². The molecule has 686 valence electrons. The molecule has 0 aromatic rings. The van der Waals surface area contributed by atoms with Gasteiger partial charge in [-0.05, 0) is 115 Å². The van der Waals surface area contributed by atoms with Crippen LogP contribution in [0.15, 0.2) is 0 Å². The summed E-state index contributed by atoms with van der Waals surface area (Å²) in [6, 6.07) is 0. The molecule has 0 amide bonds. The number of rotatable bonds is 81. The van der Waals surface area contributed by atoms with Crippen LogP contribution < -0.4 is 0 Å². The molecule has 0 fully saturated rings. The van der Waals surface area contributed by atoms with Gasteiger partial charge < -0.3 is 71.5 Å². The first kappa shape index (κ1) is 114. The molecule has 6 atom stereocenters. The van der Waals surface area contributed by atoms with Crippen LogP contribution in [0.4, 0.5) is 0 Å². The lowest BCUT2D eigenvalue weighted by Crippen LogP contribution is -2.45. The van der Waals surface area contributed by atoms with Gasteiger partial charge in [0, 0.05) is 78.5 Å². The molecule has 6 unspecified atom stereocenters. The van der Waals surface area contributed by atoms with Crippen LogP contribution in [0.25, 0.3) is 0 Å². The summed E-state index contributed by atoms with van der Waals surface area (Å²) in [7, 11) is 0. The summed E-state index contributed by atoms with van der Waals surface area (Å²) in [6.45, 7) is 23.4. The first-order chi connectivity index (χ1) is 56.8. The van der Waals surface area contributed by atoms with E-state index in [1.54, 1.807) is 41.5 Å². The Hall–Kier alpha value is -4.42. The van der Waals surface area contributed by atoms with Crippen LogP contribution in [0.5, 0.6) is 0 Å². The van der Waals surface area contributed by atoms with Gasteiger partial charge in [0.25, 0.3) is 0 Å². The van der Waals surface area contributed by atoms with Crippen LogP contribution in [0, 0.1) is 0 Å². The van der Waals surface area contributed by atoms with Crippen molar-refractivity contribution in [1.82, 2.24) is 19.6 Å². The van der Waals surface area contributed by atoms with Crippen LogP contribution in [0.2, 0.25) is 0 Å². The molecule has 0 radical (unpaired) electrons. The van der Waals surface area contributed by atoms with Gasteiger partial charge in [-0.2, -0.15) is 0 Å². The maximum atomic E-state index is 13.5. The van der Waals surface area contributed by atoms with E-state index in [1.165, 1.54) is 70.6 Å². The fourth-order valence-corrected chi connectivity index (χ4v) is 16.3. The maximum Gasteiger partial charge on any atom is 0.318 e. The standard InChI is InChI=1S/C84H150N4O24S6/c1-13-19-25-61-113-67(7)79(95)107-55-49-101-73(89)31-37-85(38-32-74(90)102-50-56-108-80(96)68(8)114-62-26-20-14-2)43-46-88(47-44-86(39-33-75(91)103-51-57-109-81(97)69(9)115-63-27-21-15-3)40-34-76(92)104-52-58-110-82(98)70(10)116-64-28-22-16-4)48-45-87(41-35-77(93)105-53-59-111-83(99)71(11)117-65-29-23-17-5)42-36-78(94)106-54-60-112-84(100)72(12)118-66-30-24-18-6/h67-72H,13-66H2,1-12H3. The quantitative estimate of drug-likeness (QED) is 0.0310. The topological polar surface area (TPSA) is 329 Å². The summed E-state index contributed by atoms with van der Waals surface area (Å²) in [5.74, 6) is -1.09. The minimum atomic E-state index is -0.584. The lowest BCUT2D eigenvalue weighted by atomic mass is 10.2. The highest BCUT2D eigenvalue weighted by atomic mass is 32.2.